The third-order valence-corrected chi connectivity index (χ3v) is 2.25. The number of nitrogens with two attached hydrogens (primary N) is 1. The van der Waals surface area contributed by atoms with Crippen LogP contribution in [0, 0.1) is 0 Å². The number of nitrogen functional groups attached to an aromatic ring is 1. The zero-order chi connectivity index (χ0) is 14.8. The van der Waals surface area contributed by atoms with Gasteiger partial charge in [0.1, 0.15) is 11.5 Å². The lowest BCUT2D eigenvalue weighted by molar-refractivity contribution is -0.141. The molecule has 0 spiro atoms. The summed E-state index contributed by atoms with van der Waals surface area (Å²) in [5.74, 6) is -1.75. The molecular weight excluding hydrogens is 275 g/mol. The highest BCUT2D eigenvalue weighted by Gasteiger charge is 2.36. The molecule has 0 aliphatic rings. The van der Waals surface area contributed by atoms with Crippen molar-refractivity contribution in [1.29, 1.82) is 0 Å². The Hall–Kier alpha value is -1.93. The van der Waals surface area contributed by atoms with Gasteiger partial charge in [-0.1, -0.05) is 0 Å². The van der Waals surface area contributed by atoms with Crippen LogP contribution in [0.1, 0.15) is 23.2 Å². The van der Waals surface area contributed by atoms with Crippen LogP contribution in [0.25, 0.3) is 0 Å². The van der Waals surface area contributed by atoms with Gasteiger partial charge < -0.3 is 10.5 Å². The summed E-state index contributed by atoms with van der Waals surface area (Å²) in [7, 11) is 0.979. The maximum Gasteiger partial charge on any atom is 0.416 e. The van der Waals surface area contributed by atoms with E-state index in [1.54, 1.807) is 0 Å². The fraction of sp³-hybridized carbons (Fsp3) is 0.400. The SMILES string of the molecule is COC(=O)Cc1c(C(F)(F)F)cc(C(F)F)nc1N. The van der Waals surface area contributed by atoms with Crippen LogP contribution < -0.4 is 5.73 Å². The standard InChI is InChI=1S/C10H9F5N2O2/c1-19-7(18)2-4-5(10(13,14)15)3-6(8(11)12)17-9(4)16/h3,8H,2H2,1H3,(H2,16,17). The monoisotopic (exact) mass is 284 g/mol. The van der Waals surface area contributed by atoms with Gasteiger partial charge >= 0.3 is 12.1 Å². The molecule has 9 heteroatoms. The maximum absolute atomic E-state index is 12.7. The van der Waals surface area contributed by atoms with Gasteiger partial charge in [-0.15, -0.1) is 0 Å². The van der Waals surface area contributed by atoms with Gasteiger partial charge in [-0.25, -0.2) is 13.8 Å². The average Bonchev–Trinajstić information content (AvgIpc) is 2.29. The van der Waals surface area contributed by atoms with Gasteiger partial charge in [-0.05, 0) is 6.07 Å². The number of hydrogen-bond acceptors (Lipinski definition) is 4. The van der Waals surface area contributed by atoms with Crippen LogP contribution in [0.3, 0.4) is 0 Å². The minimum Gasteiger partial charge on any atom is -0.469 e. The van der Waals surface area contributed by atoms with Crippen molar-refractivity contribution < 1.29 is 31.5 Å². The van der Waals surface area contributed by atoms with E-state index in [2.05, 4.69) is 9.72 Å². The number of esters is 1. The van der Waals surface area contributed by atoms with E-state index in [1.165, 1.54) is 0 Å². The number of halogens is 5. The van der Waals surface area contributed by atoms with Crippen molar-refractivity contribution in [2.24, 2.45) is 0 Å². The number of rotatable bonds is 3. The van der Waals surface area contributed by atoms with Crippen LogP contribution in [0.5, 0.6) is 0 Å². The predicted octanol–water partition coefficient (Wildman–Crippen LogP) is 2.34. The molecule has 0 saturated carbocycles. The Labute approximate surface area is 104 Å². The second-order valence-electron chi connectivity index (χ2n) is 3.51. The van der Waals surface area contributed by atoms with E-state index in [9.17, 15) is 26.7 Å². The Bertz CT molecular complexity index is 488. The van der Waals surface area contributed by atoms with Crippen LogP contribution in [0.2, 0.25) is 0 Å². The van der Waals surface area contributed by atoms with Gasteiger partial charge in [0.2, 0.25) is 0 Å². The Morgan fingerprint density at radius 1 is 1.47 bits per heavy atom. The number of nitrogens with zero attached hydrogens (tertiary/aromatic N) is 1. The van der Waals surface area contributed by atoms with Crippen molar-refractivity contribution in [2.75, 3.05) is 12.8 Å². The molecule has 0 radical (unpaired) electrons. The zero-order valence-electron chi connectivity index (χ0n) is 9.59. The summed E-state index contributed by atoms with van der Waals surface area (Å²) >= 11 is 0. The molecule has 0 fully saturated rings. The maximum atomic E-state index is 12.7. The number of aromatic nitrogens is 1. The molecule has 2 N–H and O–H groups in total. The van der Waals surface area contributed by atoms with E-state index in [0.717, 1.165) is 7.11 Å². The highest BCUT2D eigenvalue weighted by molar-refractivity contribution is 5.75. The normalized spacial score (nSPS) is 11.7. The number of methoxy groups -OCH3 is 1. The summed E-state index contributed by atoms with van der Waals surface area (Å²) < 4.78 is 67.3. The number of hydrogen-bond donors (Lipinski definition) is 1. The molecule has 0 bridgehead atoms. The molecule has 0 saturated heterocycles. The van der Waals surface area contributed by atoms with E-state index in [4.69, 9.17) is 5.73 Å². The van der Waals surface area contributed by atoms with Crippen molar-refractivity contribution in [3.8, 4) is 0 Å². The molecule has 0 aliphatic carbocycles. The van der Waals surface area contributed by atoms with Gasteiger partial charge in [0.15, 0.2) is 0 Å². The van der Waals surface area contributed by atoms with Crippen molar-refractivity contribution in [3.05, 3.63) is 22.9 Å². The lowest BCUT2D eigenvalue weighted by Crippen LogP contribution is -2.17. The topological polar surface area (TPSA) is 65.2 Å². The molecule has 0 aliphatic heterocycles. The second kappa shape index (κ2) is 5.37. The summed E-state index contributed by atoms with van der Waals surface area (Å²) in [5.41, 5.74) is 2.02. The van der Waals surface area contributed by atoms with Gasteiger partial charge in [-0.2, -0.15) is 13.2 Å². The van der Waals surface area contributed by atoms with E-state index in [1.807, 2.05) is 0 Å². The van der Waals surface area contributed by atoms with Crippen LogP contribution >= 0.6 is 0 Å². The predicted molar refractivity (Wildman–Crippen MR) is 54.3 cm³/mol. The van der Waals surface area contributed by atoms with Crippen LogP contribution in [0.4, 0.5) is 27.8 Å². The van der Waals surface area contributed by atoms with Gasteiger partial charge in [0.05, 0.1) is 19.1 Å². The summed E-state index contributed by atoms with van der Waals surface area (Å²) in [6.45, 7) is 0. The number of pyridine rings is 1. The molecule has 0 unspecified atom stereocenters. The fourth-order valence-electron chi connectivity index (χ4n) is 1.38. The molecule has 1 aromatic rings. The smallest absolute Gasteiger partial charge is 0.416 e. The highest BCUT2D eigenvalue weighted by Crippen LogP contribution is 2.36. The molecule has 106 valence electrons. The Morgan fingerprint density at radius 2 is 2.05 bits per heavy atom. The summed E-state index contributed by atoms with van der Waals surface area (Å²) in [6, 6.07) is 0.180. The Morgan fingerprint density at radius 3 is 2.47 bits per heavy atom. The fourth-order valence-corrected chi connectivity index (χ4v) is 1.38. The molecule has 1 heterocycles. The molecule has 0 atom stereocenters. The van der Waals surface area contributed by atoms with Gasteiger partial charge in [0, 0.05) is 5.56 Å². The Kier molecular flexibility index (Phi) is 4.28. The second-order valence-corrected chi connectivity index (χ2v) is 3.51. The highest BCUT2D eigenvalue weighted by atomic mass is 19.4. The minimum atomic E-state index is -4.93. The first-order valence-electron chi connectivity index (χ1n) is 4.88. The van der Waals surface area contributed by atoms with Crippen LogP contribution in [-0.4, -0.2) is 18.1 Å². The third-order valence-electron chi connectivity index (χ3n) is 2.25. The third kappa shape index (κ3) is 3.52. The van der Waals surface area contributed by atoms with E-state index in [-0.39, 0.29) is 6.07 Å². The molecule has 0 amide bonds. The molecule has 4 nitrogen and oxygen atoms in total. The lowest BCUT2D eigenvalue weighted by atomic mass is 10.0. The molecule has 1 rings (SSSR count). The largest absolute Gasteiger partial charge is 0.469 e. The van der Waals surface area contributed by atoms with Crippen molar-refractivity contribution in [3.63, 3.8) is 0 Å². The molecule has 19 heavy (non-hydrogen) atoms. The molecule has 0 aromatic carbocycles. The van der Waals surface area contributed by atoms with Crippen LogP contribution in [-0.2, 0) is 22.1 Å². The lowest BCUT2D eigenvalue weighted by Gasteiger charge is -2.15. The van der Waals surface area contributed by atoms with Gasteiger partial charge in [0.25, 0.3) is 6.43 Å². The first-order valence-corrected chi connectivity index (χ1v) is 4.88. The molecular formula is C10H9F5N2O2. The summed E-state index contributed by atoms with van der Waals surface area (Å²) in [6.07, 6.45) is -8.92. The minimum absolute atomic E-state index is 0.180. The Balaban J connectivity index is 3.39. The number of alkyl halides is 5. The van der Waals surface area contributed by atoms with E-state index < -0.39 is 47.6 Å². The van der Waals surface area contributed by atoms with E-state index in [0.29, 0.717) is 0 Å². The van der Waals surface area contributed by atoms with E-state index >= 15 is 0 Å². The van der Waals surface area contributed by atoms with Crippen molar-refractivity contribution in [2.45, 2.75) is 19.0 Å². The van der Waals surface area contributed by atoms with Crippen molar-refractivity contribution in [1.82, 2.24) is 4.98 Å². The number of carbonyl (C=O) groups is 1. The van der Waals surface area contributed by atoms with Crippen molar-refractivity contribution >= 4 is 11.8 Å². The zero-order valence-corrected chi connectivity index (χ0v) is 9.59. The molecule has 1 aromatic heterocycles. The quantitative estimate of drug-likeness (QED) is 0.683. The van der Waals surface area contributed by atoms with Gasteiger partial charge in [-0.3, -0.25) is 4.79 Å². The number of anilines is 1. The van der Waals surface area contributed by atoms with Crippen LogP contribution in [0.15, 0.2) is 6.07 Å². The summed E-state index contributed by atoms with van der Waals surface area (Å²) in [5, 5.41) is 0. The average molecular weight is 284 g/mol. The number of carbonyl (C=O) groups excluding carboxylic acids is 1. The first kappa shape index (κ1) is 15.1. The first-order chi connectivity index (χ1) is 8.66. The number of ether oxygens (including phenoxy) is 1. The summed E-state index contributed by atoms with van der Waals surface area (Å²) in [4.78, 5) is 14.2.